The Balaban J connectivity index is 1.83. The van der Waals surface area contributed by atoms with Crippen LogP contribution in [0, 0.1) is 0 Å². The Morgan fingerprint density at radius 1 is 1.16 bits per heavy atom. The maximum absolute atomic E-state index is 12.4. The van der Waals surface area contributed by atoms with Crippen molar-refractivity contribution in [3.05, 3.63) is 0 Å². The normalized spacial score (nSPS) is 22.5. The van der Waals surface area contributed by atoms with Crippen LogP contribution in [0.4, 0.5) is 0 Å². The zero-order chi connectivity index (χ0) is 13.5. The fraction of sp³-hybridized carbons (Fsp3) is 0.933. The highest BCUT2D eigenvalue weighted by Gasteiger charge is 2.24. The number of amides is 1. The maximum atomic E-state index is 12.4. The Kier molecular flexibility index (Phi) is 6.11. The van der Waals surface area contributed by atoms with Gasteiger partial charge in [-0.25, -0.2) is 0 Å². The highest BCUT2D eigenvalue weighted by Crippen LogP contribution is 2.14. The molecule has 4 nitrogen and oxygen atoms in total. The molecular formula is C15H29N3O. The third-order valence-corrected chi connectivity index (χ3v) is 4.53. The summed E-state index contributed by atoms with van der Waals surface area (Å²) in [5, 5.41) is 3.40. The minimum Gasteiger partial charge on any atom is -0.342 e. The maximum Gasteiger partial charge on any atom is 0.236 e. The molecular weight excluding hydrogens is 238 g/mol. The molecule has 1 N–H and O–H groups in total. The lowest BCUT2D eigenvalue weighted by Crippen LogP contribution is -2.48. The van der Waals surface area contributed by atoms with E-state index in [-0.39, 0.29) is 0 Å². The highest BCUT2D eigenvalue weighted by molar-refractivity contribution is 5.78. The van der Waals surface area contributed by atoms with Crippen molar-refractivity contribution in [3.8, 4) is 0 Å². The molecule has 0 radical (unpaired) electrons. The molecule has 0 spiro atoms. The summed E-state index contributed by atoms with van der Waals surface area (Å²) in [6, 6.07) is 0.599. The highest BCUT2D eigenvalue weighted by atomic mass is 16.2. The van der Waals surface area contributed by atoms with Crippen LogP contribution in [-0.2, 0) is 4.79 Å². The molecule has 0 atom stereocenters. The lowest BCUT2D eigenvalue weighted by molar-refractivity contribution is -0.133. The predicted molar refractivity (Wildman–Crippen MR) is 78.2 cm³/mol. The van der Waals surface area contributed by atoms with E-state index in [0.717, 1.165) is 32.7 Å². The van der Waals surface area contributed by atoms with Crippen molar-refractivity contribution in [1.82, 2.24) is 15.1 Å². The largest absolute Gasteiger partial charge is 0.342 e. The number of nitrogens with zero attached hydrogens (tertiary/aromatic N) is 2. The van der Waals surface area contributed by atoms with E-state index in [0.29, 0.717) is 18.5 Å². The summed E-state index contributed by atoms with van der Waals surface area (Å²) in [6.07, 6.45) is 7.31. The fourth-order valence-electron chi connectivity index (χ4n) is 3.26. The first-order valence-electron chi connectivity index (χ1n) is 8.04. The molecule has 2 saturated heterocycles. The van der Waals surface area contributed by atoms with Gasteiger partial charge in [0.25, 0.3) is 0 Å². The summed E-state index contributed by atoms with van der Waals surface area (Å²) < 4.78 is 0. The van der Waals surface area contributed by atoms with Gasteiger partial charge in [-0.15, -0.1) is 0 Å². The van der Waals surface area contributed by atoms with Crippen LogP contribution >= 0.6 is 0 Å². The van der Waals surface area contributed by atoms with Crippen LogP contribution in [0.25, 0.3) is 0 Å². The summed E-state index contributed by atoms with van der Waals surface area (Å²) in [5.74, 6) is 0.349. The van der Waals surface area contributed by atoms with Crippen LogP contribution in [0.3, 0.4) is 0 Å². The first kappa shape index (κ1) is 14.8. The van der Waals surface area contributed by atoms with Gasteiger partial charge in [-0.2, -0.15) is 0 Å². The predicted octanol–water partition coefficient (Wildman–Crippen LogP) is 1.46. The van der Waals surface area contributed by atoms with Gasteiger partial charge in [0.1, 0.15) is 0 Å². The van der Waals surface area contributed by atoms with E-state index in [1.54, 1.807) is 0 Å². The Hall–Kier alpha value is -0.610. The lowest BCUT2D eigenvalue weighted by Gasteiger charge is -2.34. The molecule has 0 aromatic carbocycles. The number of likely N-dealkylation sites (tertiary alicyclic amines) is 1. The van der Waals surface area contributed by atoms with E-state index < -0.39 is 0 Å². The smallest absolute Gasteiger partial charge is 0.236 e. The van der Waals surface area contributed by atoms with Crippen LogP contribution in [0.1, 0.15) is 45.4 Å². The molecule has 2 aliphatic heterocycles. The molecule has 19 heavy (non-hydrogen) atoms. The van der Waals surface area contributed by atoms with Crippen molar-refractivity contribution in [2.24, 2.45) is 0 Å². The standard InChI is InChI=1S/C15H29N3O/c1-2-17(14-7-9-16-10-8-14)13-15(19)18-11-5-3-4-6-12-18/h14,16H,2-13H2,1H3. The van der Waals surface area contributed by atoms with E-state index >= 15 is 0 Å². The average molecular weight is 267 g/mol. The van der Waals surface area contributed by atoms with Crippen molar-refractivity contribution >= 4 is 5.91 Å². The number of hydrogen-bond donors (Lipinski definition) is 1. The molecule has 2 rings (SSSR count). The molecule has 0 saturated carbocycles. The minimum atomic E-state index is 0.349. The second-order valence-corrected chi connectivity index (χ2v) is 5.84. The minimum absolute atomic E-state index is 0.349. The van der Waals surface area contributed by atoms with Crippen molar-refractivity contribution < 1.29 is 4.79 Å². The molecule has 4 heteroatoms. The van der Waals surface area contributed by atoms with Crippen LogP contribution < -0.4 is 5.32 Å². The molecule has 2 fully saturated rings. The number of piperidine rings is 1. The van der Waals surface area contributed by atoms with Crippen LogP contribution in [0.2, 0.25) is 0 Å². The van der Waals surface area contributed by atoms with E-state index in [4.69, 9.17) is 0 Å². The molecule has 2 aliphatic rings. The van der Waals surface area contributed by atoms with Gasteiger partial charge in [0.05, 0.1) is 6.54 Å². The molecule has 0 bridgehead atoms. The van der Waals surface area contributed by atoms with E-state index in [2.05, 4.69) is 22.0 Å². The van der Waals surface area contributed by atoms with Gasteiger partial charge in [-0.3, -0.25) is 9.69 Å². The number of carbonyl (C=O) groups excluding carboxylic acids is 1. The molecule has 0 aromatic heterocycles. The summed E-state index contributed by atoms with van der Waals surface area (Å²) >= 11 is 0. The number of hydrogen-bond acceptors (Lipinski definition) is 3. The monoisotopic (exact) mass is 267 g/mol. The molecule has 0 unspecified atom stereocenters. The molecule has 110 valence electrons. The topological polar surface area (TPSA) is 35.6 Å². The SMILES string of the molecule is CCN(CC(=O)N1CCCCCC1)C1CCNCC1. The van der Waals surface area contributed by atoms with Gasteiger partial charge in [0, 0.05) is 19.1 Å². The summed E-state index contributed by atoms with van der Waals surface area (Å²) in [4.78, 5) is 16.9. The van der Waals surface area contributed by atoms with Crippen molar-refractivity contribution in [2.75, 3.05) is 39.3 Å². The van der Waals surface area contributed by atoms with Crippen LogP contribution in [0.15, 0.2) is 0 Å². The Labute approximate surface area is 117 Å². The molecule has 0 aliphatic carbocycles. The zero-order valence-corrected chi connectivity index (χ0v) is 12.4. The molecule has 2 heterocycles. The first-order valence-corrected chi connectivity index (χ1v) is 8.04. The van der Waals surface area contributed by atoms with Crippen molar-refractivity contribution in [2.45, 2.75) is 51.5 Å². The van der Waals surface area contributed by atoms with Gasteiger partial charge < -0.3 is 10.2 Å². The summed E-state index contributed by atoms with van der Waals surface area (Å²) in [5.41, 5.74) is 0. The van der Waals surface area contributed by atoms with Gasteiger partial charge in [-0.1, -0.05) is 19.8 Å². The second kappa shape index (κ2) is 7.85. The Morgan fingerprint density at radius 3 is 2.37 bits per heavy atom. The summed E-state index contributed by atoms with van der Waals surface area (Å²) in [6.45, 7) is 7.94. The average Bonchev–Trinajstić information content (AvgIpc) is 2.74. The second-order valence-electron chi connectivity index (χ2n) is 5.84. The van der Waals surface area contributed by atoms with E-state index in [9.17, 15) is 4.79 Å². The number of rotatable bonds is 4. The number of nitrogens with one attached hydrogen (secondary N) is 1. The van der Waals surface area contributed by atoms with Gasteiger partial charge in [-0.05, 0) is 45.3 Å². The van der Waals surface area contributed by atoms with E-state index in [1.165, 1.54) is 38.5 Å². The third-order valence-electron chi connectivity index (χ3n) is 4.53. The van der Waals surface area contributed by atoms with E-state index in [1.807, 2.05) is 0 Å². The zero-order valence-electron chi connectivity index (χ0n) is 12.4. The summed E-state index contributed by atoms with van der Waals surface area (Å²) in [7, 11) is 0. The number of carbonyl (C=O) groups is 1. The van der Waals surface area contributed by atoms with Gasteiger partial charge in [0.15, 0.2) is 0 Å². The lowest BCUT2D eigenvalue weighted by atomic mass is 10.0. The number of likely N-dealkylation sites (N-methyl/N-ethyl adjacent to an activating group) is 1. The quantitative estimate of drug-likeness (QED) is 0.838. The van der Waals surface area contributed by atoms with Crippen LogP contribution in [-0.4, -0.2) is 61.0 Å². The first-order chi connectivity index (χ1) is 9.31. The van der Waals surface area contributed by atoms with Crippen molar-refractivity contribution in [1.29, 1.82) is 0 Å². The van der Waals surface area contributed by atoms with Crippen LogP contribution in [0.5, 0.6) is 0 Å². The van der Waals surface area contributed by atoms with Gasteiger partial charge in [0.2, 0.25) is 5.91 Å². The third kappa shape index (κ3) is 4.46. The Bertz CT molecular complexity index is 269. The van der Waals surface area contributed by atoms with Gasteiger partial charge >= 0.3 is 0 Å². The fourth-order valence-corrected chi connectivity index (χ4v) is 3.26. The van der Waals surface area contributed by atoms with Crippen molar-refractivity contribution in [3.63, 3.8) is 0 Å². The molecule has 1 amide bonds. The Morgan fingerprint density at radius 2 is 1.79 bits per heavy atom. The molecule has 0 aromatic rings.